The van der Waals surface area contributed by atoms with Crippen LogP contribution < -0.4 is 4.74 Å². The molecule has 1 aliphatic heterocycles. The molecule has 0 saturated carbocycles. The molecule has 1 saturated heterocycles. The highest BCUT2D eigenvalue weighted by molar-refractivity contribution is 6.30. The van der Waals surface area contributed by atoms with Crippen molar-refractivity contribution in [1.82, 2.24) is 20.0 Å². The van der Waals surface area contributed by atoms with Gasteiger partial charge < -0.3 is 14.2 Å². The number of hydrogen-bond donors (Lipinski definition) is 0. The van der Waals surface area contributed by atoms with Gasteiger partial charge in [0.05, 0.1) is 30.4 Å². The van der Waals surface area contributed by atoms with Crippen molar-refractivity contribution in [1.29, 1.82) is 0 Å². The van der Waals surface area contributed by atoms with Crippen LogP contribution in [0.5, 0.6) is 6.01 Å². The fourth-order valence-corrected chi connectivity index (χ4v) is 3.19. The number of rotatable bonds is 4. The van der Waals surface area contributed by atoms with Gasteiger partial charge in [0.15, 0.2) is 5.58 Å². The average Bonchev–Trinajstić information content (AvgIpc) is 3.07. The van der Waals surface area contributed by atoms with Crippen molar-refractivity contribution < 1.29 is 14.1 Å². The zero-order valence-corrected chi connectivity index (χ0v) is 14.7. The molecule has 1 fully saturated rings. The van der Waals surface area contributed by atoms with E-state index in [0.717, 1.165) is 18.2 Å². The number of carbonyl (C=O) groups is 1. The van der Waals surface area contributed by atoms with E-state index in [-0.39, 0.29) is 24.4 Å². The van der Waals surface area contributed by atoms with Crippen LogP contribution in [0.25, 0.3) is 11.0 Å². The fraction of sp³-hybridized carbons (Fsp3) is 0.333. The minimum atomic E-state index is -0.136. The highest BCUT2D eigenvalue weighted by atomic mass is 35.5. The number of para-hydroxylation sites is 1. The molecule has 0 N–H and O–H groups in total. The van der Waals surface area contributed by atoms with Gasteiger partial charge in [-0.2, -0.15) is 0 Å². The van der Waals surface area contributed by atoms with Crippen LogP contribution in [0.2, 0.25) is 5.02 Å². The van der Waals surface area contributed by atoms with Crippen LogP contribution in [0.15, 0.2) is 41.2 Å². The quantitative estimate of drug-likeness (QED) is 0.700. The second-order valence-electron chi connectivity index (χ2n) is 6.21. The number of ether oxygens (including phenoxy) is 1. The van der Waals surface area contributed by atoms with Gasteiger partial charge >= 0.3 is 6.01 Å². The summed E-state index contributed by atoms with van der Waals surface area (Å²) in [6.45, 7) is 1.20. The lowest BCUT2D eigenvalue weighted by Crippen LogP contribution is -2.45. The number of piperidine rings is 1. The van der Waals surface area contributed by atoms with E-state index in [1.165, 1.54) is 12.4 Å². The molecule has 1 amide bonds. The first kappa shape index (κ1) is 16.8. The Hall–Kier alpha value is -2.67. The van der Waals surface area contributed by atoms with Crippen LogP contribution >= 0.6 is 11.6 Å². The van der Waals surface area contributed by atoms with Gasteiger partial charge in [-0.1, -0.05) is 28.9 Å². The van der Waals surface area contributed by atoms with Gasteiger partial charge in [0.1, 0.15) is 11.8 Å². The molecule has 0 aliphatic carbocycles. The van der Waals surface area contributed by atoms with E-state index in [1.54, 1.807) is 4.90 Å². The van der Waals surface area contributed by atoms with Crippen molar-refractivity contribution in [2.75, 3.05) is 13.1 Å². The van der Waals surface area contributed by atoms with Crippen molar-refractivity contribution in [3.63, 3.8) is 0 Å². The van der Waals surface area contributed by atoms with Crippen LogP contribution in [0.4, 0.5) is 0 Å². The van der Waals surface area contributed by atoms with E-state index in [9.17, 15) is 4.79 Å². The molecule has 1 atom stereocenters. The first-order valence-corrected chi connectivity index (χ1v) is 8.82. The normalized spacial score (nSPS) is 17.4. The van der Waals surface area contributed by atoms with Gasteiger partial charge in [0, 0.05) is 11.9 Å². The Balaban J connectivity index is 1.40. The third-order valence-electron chi connectivity index (χ3n) is 4.37. The maximum Gasteiger partial charge on any atom is 0.316 e. The van der Waals surface area contributed by atoms with Gasteiger partial charge in [-0.3, -0.25) is 4.79 Å². The summed E-state index contributed by atoms with van der Waals surface area (Å²) in [7, 11) is 0. The lowest BCUT2D eigenvalue weighted by Gasteiger charge is -2.32. The molecule has 8 heteroatoms. The number of nitrogens with zero attached hydrogens (tertiary/aromatic N) is 4. The molecule has 1 aliphatic rings. The molecule has 2 aromatic heterocycles. The number of aromatic nitrogens is 3. The maximum absolute atomic E-state index is 12.7. The van der Waals surface area contributed by atoms with E-state index >= 15 is 0 Å². The van der Waals surface area contributed by atoms with Crippen molar-refractivity contribution >= 4 is 28.5 Å². The summed E-state index contributed by atoms with van der Waals surface area (Å²) in [6, 6.07) is 7.81. The maximum atomic E-state index is 12.7. The summed E-state index contributed by atoms with van der Waals surface area (Å²) in [6.07, 6.45) is 4.77. The summed E-state index contributed by atoms with van der Waals surface area (Å²) in [4.78, 5) is 22.6. The topological polar surface area (TPSA) is 81.4 Å². The predicted molar refractivity (Wildman–Crippen MR) is 95.0 cm³/mol. The van der Waals surface area contributed by atoms with E-state index < -0.39 is 0 Å². The number of benzene rings is 1. The van der Waals surface area contributed by atoms with Crippen LogP contribution in [0.3, 0.4) is 0 Å². The van der Waals surface area contributed by atoms with E-state index in [0.29, 0.717) is 29.4 Å². The van der Waals surface area contributed by atoms with Crippen LogP contribution in [0, 0.1) is 0 Å². The van der Waals surface area contributed by atoms with Crippen molar-refractivity contribution in [3.8, 4) is 6.01 Å². The van der Waals surface area contributed by atoms with E-state index in [2.05, 4.69) is 15.1 Å². The first-order valence-electron chi connectivity index (χ1n) is 8.44. The Morgan fingerprint density at radius 3 is 2.96 bits per heavy atom. The molecule has 0 radical (unpaired) electrons. The second-order valence-corrected chi connectivity index (χ2v) is 6.64. The minimum Gasteiger partial charge on any atom is -0.458 e. The molecule has 0 bridgehead atoms. The number of fused-ring (bicyclic) bond motifs is 1. The first-order chi connectivity index (χ1) is 12.7. The Kier molecular flexibility index (Phi) is 4.71. The third-order valence-corrected chi connectivity index (χ3v) is 4.57. The number of amides is 1. The van der Waals surface area contributed by atoms with Crippen molar-refractivity contribution in [2.45, 2.75) is 25.4 Å². The summed E-state index contributed by atoms with van der Waals surface area (Å²) in [5, 5.41) is 5.37. The molecule has 0 spiro atoms. The van der Waals surface area contributed by atoms with Crippen molar-refractivity contribution in [2.24, 2.45) is 0 Å². The molecule has 7 nitrogen and oxygen atoms in total. The largest absolute Gasteiger partial charge is 0.458 e. The van der Waals surface area contributed by atoms with Gasteiger partial charge in [-0.15, -0.1) is 0 Å². The number of halogens is 1. The molecule has 3 heterocycles. The zero-order chi connectivity index (χ0) is 17.9. The lowest BCUT2D eigenvalue weighted by molar-refractivity contribution is -0.133. The number of hydrogen-bond acceptors (Lipinski definition) is 6. The van der Waals surface area contributed by atoms with Gasteiger partial charge in [-0.25, -0.2) is 9.97 Å². The van der Waals surface area contributed by atoms with Crippen LogP contribution in [-0.2, 0) is 11.2 Å². The molecular weight excluding hydrogens is 356 g/mol. The van der Waals surface area contributed by atoms with E-state index in [1.807, 2.05) is 24.3 Å². The molecule has 134 valence electrons. The lowest BCUT2D eigenvalue weighted by atomic mass is 10.1. The molecule has 1 unspecified atom stereocenters. The Labute approximate surface area is 154 Å². The minimum absolute atomic E-state index is 0.00868. The van der Waals surface area contributed by atoms with Gasteiger partial charge in [0.2, 0.25) is 5.91 Å². The molecule has 26 heavy (non-hydrogen) atoms. The number of carbonyl (C=O) groups excluding carboxylic acids is 1. The Morgan fingerprint density at radius 1 is 1.31 bits per heavy atom. The van der Waals surface area contributed by atoms with Crippen LogP contribution in [0.1, 0.15) is 18.5 Å². The summed E-state index contributed by atoms with van der Waals surface area (Å²) < 4.78 is 11.1. The molecule has 4 rings (SSSR count). The second kappa shape index (κ2) is 7.29. The smallest absolute Gasteiger partial charge is 0.316 e. The summed E-state index contributed by atoms with van der Waals surface area (Å²) in [5.41, 5.74) is 1.35. The van der Waals surface area contributed by atoms with Gasteiger partial charge in [0.25, 0.3) is 0 Å². The monoisotopic (exact) mass is 372 g/mol. The number of likely N-dealkylation sites (tertiary alicyclic amines) is 1. The standard InChI is InChI=1S/C18H17ClN4O3/c19-12-9-20-18(21-10-12)25-13-4-3-7-23(11-13)17(24)8-15-14-5-1-2-6-16(14)26-22-15/h1-2,5-6,9-10,13H,3-4,7-8,11H2. The predicted octanol–water partition coefficient (Wildman–Crippen LogP) is 2.88. The van der Waals surface area contributed by atoms with E-state index in [4.69, 9.17) is 20.9 Å². The molecule has 3 aromatic rings. The average molecular weight is 373 g/mol. The highest BCUT2D eigenvalue weighted by Crippen LogP contribution is 2.21. The SMILES string of the molecule is O=C(Cc1noc2ccccc12)N1CCCC(Oc2ncc(Cl)cn2)C1. The Morgan fingerprint density at radius 2 is 2.12 bits per heavy atom. The highest BCUT2D eigenvalue weighted by Gasteiger charge is 2.26. The summed E-state index contributed by atoms with van der Waals surface area (Å²) in [5.74, 6) is 0.00868. The van der Waals surface area contributed by atoms with Crippen LogP contribution in [-0.4, -0.2) is 45.1 Å². The summed E-state index contributed by atoms with van der Waals surface area (Å²) >= 11 is 5.78. The van der Waals surface area contributed by atoms with Crippen molar-refractivity contribution in [3.05, 3.63) is 47.4 Å². The molecule has 1 aromatic carbocycles. The van der Waals surface area contributed by atoms with Gasteiger partial charge in [-0.05, 0) is 25.0 Å². The fourth-order valence-electron chi connectivity index (χ4n) is 3.09. The zero-order valence-electron chi connectivity index (χ0n) is 14.0. The molecular formula is C18H17ClN4O3. The Bertz CT molecular complexity index is 912. The third kappa shape index (κ3) is 3.62.